The predicted octanol–water partition coefficient (Wildman–Crippen LogP) is 2.18. The molecule has 74 valence electrons. The molecule has 0 saturated heterocycles. The number of aliphatic hydroxyl groups excluding tert-OH is 1. The molecule has 0 aliphatic heterocycles. The summed E-state index contributed by atoms with van der Waals surface area (Å²) in [5.41, 5.74) is 1.05. The van der Waals surface area contributed by atoms with E-state index in [1.807, 2.05) is 29.1 Å². The summed E-state index contributed by atoms with van der Waals surface area (Å²) in [4.78, 5) is 0. The Balaban J connectivity index is 2.47. The number of benzene rings is 1. The summed E-state index contributed by atoms with van der Waals surface area (Å²) >= 11 is 3.41. The molecule has 0 bridgehead atoms. The van der Waals surface area contributed by atoms with E-state index in [1.54, 1.807) is 6.92 Å². The van der Waals surface area contributed by atoms with Crippen molar-refractivity contribution >= 4 is 26.8 Å². The Labute approximate surface area is 90.5 Å². The maximum atomic E-state index is 9.27. The molecule has 14 heavy (non-hydrogen) atoms. The van der Waals surface area contributed by atoms with Crippen molar-refractivity contribution in [2.45, 2.75) is 19.6 Å². The summed E-state index contributed by atoms with van der Waals surface area (Å²) in [6.45, 7) is 2.29. The van der Waals surface area contributed by atoms with Crippen molar-refractivity contribution in [2.24, 2.45) is 0 Å². The number of nitrogens with zero attached hydrogens (tertiary/aromatic N) is 2. The van der Waals surface area contributed by atoms with Gasteiger partial charge in [-0.1, -0.05) is 15.9 Å². The van der Waals surface area contributed by atoms with Gasteiger partial charge in [0, 0.05) is 9.86 Å². The monoisotopic (exact) mass is 254 g/mol. The molecular formula is C10H11BrN2O. The zero-order valence-corrected chi connectivity index (χ0v) is 9.40. The zero-order valence-electron chi connectivity index (χ0n) is 7.81. The highest BCUT2D eigenvalue weighted by Crippen LogP contribution is 2.19. The highest BCUT2D eigenvalue weighted by atomic mass is 79.9. The molecule has 0 amide bonds. The fourth-order valence-electron chi connectivity index (χ4n) is 1.45. The molecule has 0 saturated carbocycles. The number of rotatable bonds is 2. The summed E-state index contributed by atoms with van der Waals surface area (Å²) in [7, 11) is 0. The molecule has 1 aromatic heterocycles. The van der Waals surface area contributed by atoms with Gasteiger partial charge in [-0.05, 0) is 25.1 Å². The summed E-state index contributed by atoms with van der Waals surface area (Å²) in [6, 6.07) is 5.98. The summed E-state index contributed by atoms with van der Waals surface area (Å²) in [6.07, 6.45) is 1.43. The minimum Gasteiger partial charge on any atom is -0.391 e. The number of halogens is 1. The lowest BCUT2D eigenvalue weighted by Crippen LogP contribution is -2.12. The van der Waals surface area contributed by atoms with Gasteiger partial charge in [0.05, 0.1) is 24.4 Å². The molecule has 0 unspecified atom stereocenters. The number of aromatic nitrogens is 2. The quantitative estimate of drug-likeness (QED) is 0.893. The van der Waals surface area contributed by atoms with E-state index in [4.69, 9.17) is 0 Å². The molecule has 1 atom stereocenters. The highest BCUT2D eigenvalue weighted by molar-refractivity contribution is 9.10. The Morgan fingerprint density at radius 1 is 1.57 bits per heavy atom. The van der Waals surface area contributed by atoms with E-state index in [-0.39, 0.29) is 6.10 Å². The average molecular weight is 255 g/mol. The Hall–Kier alpha value is -0.870. The molecule has 1 N–H and O–H groups in total. The molecule has 4 heteroatoms. The van der Waals surface area contributed by atoms with Gasteiger partial charge in [0.1, 0.15) is 0 Å². The van der Waals surface area contributed by atoms with Gasteiger partial charge >= 0.3 is 0 Å². The lowest BCUT2D eigenvalue weighted by molar-refractivity contribution is 0.170. The fraction of sp³-hybridized carbons (Fsp3) is 0.300. The topological polar surface area (TPSA) is 38.0 Å². The third kappa shape index (κ3) is 1.81. The van der Waals surface area contributed by atoms with E-state index in [1.165, 1.54) is 0 Å². The van der Waals surface area contributed by atoms with Gasteiger partial charge in [0.25, 0.3) is 0 Å². The van der Waals surface area contributed by atoms with Crippen LogP contribution in [0, 0.1) is 0 Å². The van der Waals surface area contributed by atoms with Crippen LogP contribution in [0.3, 0.4) is 0 Å². The number of hydrogen-bond acceptors (Lipinski definition) is 2. The predicted molar refractivity (Wildman–Crippen MR) is 59.1 cm³/mol. The molecule has 0 spiro atoms. The smallest absolute Gasteiger partial charge is 0.0708 e. The molecule has 2 rings (SSSR count). The number of aliphatic hydroxyl groups is 1. The second-order valence-corrected chi connectivity index (χ2v) is 4.29. The first kappa shape index (κ1) is 9.68. The van der Waals surface area contributed by atoms with Crippen LogP contribution in [0.25, 0.3) is 10.9 Å². The van der Waals surface area contributed by atoms with E-state index in [9.17, 15) is 5.11 Å². The second kappa shape index (κ2) is 3.71. The minimum absolute atomic E-state index is 0.373. The van der Waals surface area contributed by atoms with Crippen LogP contribution in [0.4, 0.5) is 0 Å². The lowest BCUT2D eigenvalue weighted by Gasteiger charge is -2.05. The van der Waals surface area contributed by atoms with Crippen molar-refractivity contribution in [2.75, 3.05) is 0 Å². The van der Waals surface area contributed by atoms with E-state index in [2.05, 4.69) is 21.0 Å². The van der Waals surface area contributed by atoms with Crippen LogP contribution in [-0.2, 0) is 6.54 Å². The number of hydrogen-bond donors (Lipinski definition) is 1. The summed E-state index contributed by atoms with van der Waals surface area (Å²) in [5, 5.41) is 14.6. The van der Waals surface area contributed by atoms with Gasteiger partial charge in [0.15, 0.2) is 0 Å². The van der Waals surface area contributed by atoms with E-state index < -0.39 is 0 Å². The van der Waals surface area contributed by atoms with Gasteiger partial charge in [0.2, 0.25) is 0 Å². The summed E-state index contributed by atoms with van der Waals surface area (Å²) in [5.74, 6) is 0. The Kier molecular flexibility index (Phi) is 2.56. The van der Waals surface area contributed by atoms with Crippen LogP contribution >= 0.6 is 15.9 Å². The van der Waals surface area contributed by atoms with Crippen molar-refractivity contribution < 1.29 is 5.11 Å². The molecule has 3 nitrogen and oxygen atoms in total. The van der Waals surface area contributed by atoms with E-state index in [0.717, 1.165) is 15.4 Å². The Morgan fingerprint density at radius 2 is 2.36 bits per heavy atom. The molecule has 0 fully saturated rings. The summed E-state index contributed by atoms with van der Waals surface area (Å²) < 4.78 is 2.86. The van der Waals surface area contributed by atoms with Crippen molar-refractivity contribution in [1.29, 1.82) is 0 Å². The van der Waals surface area contributed by atoms with Crippen LogP contribution in [-0.4, -0.2) is 21.0 Å². The second-order valence-electron chi connectivity index (χ2n) is 3.38. The van der Waals surface area contributed by atoms with Gasteiger partial charge in [-0.15, -0.1) is 0 Å². The molecule has 1 heterocycles. The molecule has 0 aliphatic rings. The van der Waals surface area contributed by atoms with Gasteiger partial charge in [-0.3, -0.25) is 4.68 Å². The largest absolute Gasteiger partial charge is 0.391 e. The third-order valence-electron chi connectivity index (χ3n) is 2.04. The SMILES string of the molecule is C[C@@H](O)Cn1ncc2cc(Br)ccc21. The molecule has 0 radical (unpaired) electrons. The normalized spacial score (nSPS) is 13.4. The third-order valence-corrected chi connectivity index (χ3v) is 2.53. The Bertz CT molecular complexity index is 450. The van der Waals surface area contributed by atoms with E-state index in [0.29, 0.717) is 6.54 Å². The van der Waals surface area contributed by atoms with Gasteiger partial charge < -0.3 is 5.11 Å². The van der Waals surface area contributed by atoms with E-state index >= 15 is 0 Å². The van der Waals surface area contributed by atoms with Crippen LogP contribution in [0.15, 0.2) is 28.9 Å². The standard InChI is InChI=1S/C10H11BrN2O/c1-7(14)6-13-10-3-2-9(11)4-8(10)5-12-13/h2-5,7,14H,6H2,1H3/t7-/m1/s1. The van der Waals surface area contributed by atoms with Crippen LogP contribution in [0.5, 0.6) is 0 Å². The molecular weight excluding hydrogens is 244 g/mol. The molecule has 2 aromatic rings. The first-order valence-corrected chi connectivity index (χ1v) is 5.25. The van der Waals surface area contributed by atoms with Crippen molar-refractivity contribution in [1.82, 2.24) is 9.78 Å². The van der Waals surface area contributed by atoms with Crippen LogP contribution in [0.1, 0.15) is 6.92 Å². The Morgan fingerprint density at radius 3 is 3.07 bits per heavy atom. The first-order valence-electron chi connectivity index (χ1n) is 4.46. The molecule has 1 aromatic carbocycles. The van der Waals surface area contributed by atoms with Crippen molar-refractivity contribution in [3.63, 3.8) is 0 Å². The van der Waals surface area contributed by atoms with Crippen LogP contribution in [0.2, 0.25) is 0 Å². The molecule has 0 aliphatic carbocycles. The minimum atomic E-state index is -0.373. The van der Waals surface area contributed by atoms with Gasteiger partial charge in [-0.25, -0.2) is 0 Å². The average Bonchev–Trinajstić information content (AvgIpc) is 2.47. The van der Waals surface area contributed by atoms with Crippen molar-refractivity contribution in [3.8, 4) is 0 Å². The zero-order chi connectivity index (χ0) is 10.1. The first-order chi connectivity index (χ1) is 6.66. The number of fused-ring (bicyclic) bond motifs is 1. The lowest BCUT2D eigenvalue weighted by atomic mass is 10.2. The maximum absolute atomic E-state index is 9.27. The van der Waals surface area contributed by atoms with Gasteiger partial charge in [-0.2, -0.15) is 5.10 Å². The highest BCUT2D eigenvalue weighted by Gasteiger charge is 2.04. The van der Waals surface area contributed by atoms with Crippen LogP contribution < -0.4 is 0 Å². The fourth-order valence-corrected chi connectivity index (χ4v) is 1.83. The van der Waals surface area contributed by atoms with Crippen molar-refractivity contribution in [3.05, 3.63) is 28.9 Å². The maximum Gasteiger partial charge on any atom is 0.0708 e.